The molecule has 34 heteroatoms. The van der Waals surface area contributed by atoms with Gasteiger partial charge in [-0.25, -0.2) is 39.9 Å². The third kappa shape index (κ3) is 16.0. The molecule has 24 heterocycles. The number of aromatic amines is 8. The van der Waals surface area contributed by atoms with Crippen molar-refractivity contribution in [3.63, 3.8) is 0 Å². The Morgan fingerprint density at radius 1 is 0.336 bits per heavy atom. The maximum atomic E-state index is 4.97. The van der Waals surface area contributed by atoms with Crippen LogP contribution < -0.4 is 29.8 Å². The highest BCUT2D eigenvalue weighted by Gasteiger charge is 2.27. The minimum Gasteiger partial charge on any atom is -0.376 e. The van der Waals surface area contributed by atoms with E-state index in [4.69, 9.17) is 19.9 Å². The fourth-order valence-corrected chi connectivity index (χ4v) is 17.7. The molecule has 4 fully saturated rings. The summed E-state index contributed by atoms with van der Waals surface area (Å²) in [6.45, 7) is 14.3. The molecule has 0 aliphatic carbocycles. The third-order valence-corrected chi connectivity index (χ3v) is 24.5. The summed E-state index contributed by atoms with van der Waals surface area (Å²) in [7, 11) is 4.01. The first kappa shape index (κ1) is 79.7. The molecule has 20 aromatic heterocycles. The van der Waals surface area contributed by atoms with Crippen LogP contribution in [0.25, 0.3) is 179 Å². The van der Waals surface area contributed by atoms with Crippen molar-refractivity contribution in [1.29, 1.82) is 0 Å². The van der Waals surface area contributed by atoms with Crippen LogP contribution in [0.4, 0.5) is 28.4 Å². The highest BCUT2D eigenvalue weighted by Crippen LogP contribution is 2.40. The predicted octanol–water partition coefficient (Wildman–Crippen LogP) is 16.3. The Bertz CT molecular complexity index is 7350. The Balaban J connectivity index is 0.000000104. The molecule has 0 atom stereocenters. The van der Waals surface area contributed by atoms with E-state index in [0.29, 0.717) is 22.6 Å². The molecule has 0 bridgehead atoms. The number of nitrogens with one attached hydrogen (secondary N) is 9. The highest BCUT2D eigenvalue weighted by molar-refractivity contribution is 6.01. The molecule has 0 saturated carbocycles. The van der Waals surface area contributed by atoms with Crippen molar-refractivity contribution in [1.82, 2.24) is 146 Å². The Morgan fingerprint density at radius 3 is 1.05 bits per heavy atom. The van der Waals surface area contributed by atoms with Gasteiger partial charge >= 0.3 is 0 Å². The maximum Gasteiger partial charge on any atom is 0.181 e. The number of pyridine rings is 12. The molecule has 34 nitrogen and oxygen atoms in total. The van der Waals surface area contributed by atoms with Gasteiger partial charge in [-0.05, 0) is 150 Å². The van der Waals surface area contributed by atoms with Crippen molar-refractivity contribution in [3.8, 4) is 90.6 Å². The molecule has 0 amide bonds. The minimum absolute atomic E-state index is 0.653. The van der Waals surface area contributed by atoms with Gasteiger partial charge in [0.25, 0.3) is 0 Å². The van der Waals surface area contributed by atoms with Crippen LogP contribution in [0.1, 0.15) is 95.1 Å². The van der Waals surface area contributed by atoms with Gasteiger partial charge in [-0.3, -0.25) is 60.3 Å². The van der Waals surface area contributed by atoms with E-state index in [0.717, 1.165) is 261 Å². The number of fused-ring (bicyclic) bond motifs is 8. The molecule has 4 saturated heterocycles. The topological polar surface area (TPSA) is 412 Å². The van der Waals surface area contributed by atoms with Crippen molar-refractivity contribution in [2.24, 2.45) is 0 Å². The number of nitrogens with zero attached hydrogens (tertiary/aromatic N) is 25. The monoisotopic (exact) mass is 1700 g/mol. The molecule has 0 unspecified atom stereocenters. The largest absolute Gasteiger partial charge is 0.376 e. The van der Waals surface area contributed by atoms with Gasteiger partial charge in [0.2, 0.25) is 0 Å². The molecule has 0 aromatic carbocycles. The third-order valence-electron chi connectivity index (χ3n) is 24.5. The smallest absolute Gasteiger partial charge is 0.181 e. The number of aromatic nitrogens is 28. The van der Waals surface area contributed by atoms with E-state index in [1.807, 2.05) is 149 Å². The average molecular weight is 1700 g/mol. The van der Waals surface area contributed by atoms with Gasteiger partial charge in [0.1, 0.15) is 44.8 Å². The molecule has 128 heavy (non-hydrogen) atoms. The second-order valence-corrected chi connectivity index (χ2v) is 33.1. The van der Waals surface area contributed by atoms with Gasteiger partial charge < -0.3 is 49.8 Å². The van der Waals surface area contributed by atoms with E-state index in [2.05, 4.69) is 196 Å². The van der Waals surface area contributed by atoms with Crippen LogP contribution in [-0.2, 0) is 6.54 Å². The van der Waals surface area contributed by atoms with E-state index in [9.17, 15) is 0 Å². The van der Waals surface area contributed by atoms with E-state index in [1.54, 1.807) is 12.4 Å². The summed E-state index contributed by atoms with van der Waals surface area (Å²) >= 11 is 0. The van der Waals surface area contributed by atoms with Gasteiger partial charge in [-0.2, -0.15) is 20.4 Å². The molecular weight excluding hydrogens is 1610 g/mol. The lowest BCUT2D eigenvalue weighted by atomic mass is 10.0. The lowest BCUT2D eigenvalue weighted by Crippen LogP contribution is -2.29. The number of H-pyrrole nitrogens is 8. The second-order valence-electron chi connectivity index (χ2n) is 33.1. The van der Waals surface area contributed by atoms with Gasteiger partial charge in [-0.1, -0.05) is 13.0 Å². The van der Waals surface area contributed by atoms with Crippen molar-refractivity contribution in [3.05, 3.63) is 190 Å². The summed E-state index contributed by atoms with van der Waals surface area (Å²) in [6.07, 6.45) is 51.9. The van der Waals surface area contributed by atoms with E-state index >= 15 is 0 Å². The molecule has 4 aliphatic rings. The van der Waals surface area contributed by atoms with Crippen molar-refractivity contribution in [2.45, 2.75) is 97.4 Å². The number of hydrogen-bond acceptors (Lipinski definition) is 26. The van der Waals surface area contributed by atoms with Crippen LogP contribution in [0.2, 0.25) is 0 Å². The number of aryl methyl sites for hydroxylation is 1. The molecule has 20 aromatic rings. The van der Waals surface area contributed by atoms with Crippen molar-refractivity contribution in [2.75, 3.05) is 97.5 Å². The maximum absolute atomic E-state index is 4.97. The number of anilines is 5. The standard InChI is InChI=1S/C25H27N9.C24H25N9.C23H22N8.C22H20N8/c1-2-26-10-16-8-17(12-27-11-16)18-9-19-22(32-33-24(19)29-13-18)25-30-20-14-28-15-21(23(20)31-25)34-6-4-3-5-7-34;1-32(2)17-8-15(10-25-12-17)16-9-18-21(30-31-23(18)27-11-16)24-28-19-13-26-14-20(22(19)29-24)33-6-4-3-5-7-33;1-14-5-6-24-11-17(14)15-9-16-20(29-30-22(16)26-10-15)23-27-18-12-25-13-19(21(18)28-23)31-7-3-2-4-8-31;1-2-7-30(8-3-1)18-13-24-12-17-20(18)27-22(26-17)19-16-9-15(11-25-21(16)29-28-19)14-5-4-6-23-10-14/h8-9,11-15,26H,2-7,10H2,1H3,(H,30,31)(H,29,32,33);8-14H,3-7H2,1-2H3,(H,28,29)(H,27,30,31);5-6,9-13H,2-4,7-8H2,1H3,(H,27,28)(H,26,29,30);4-6,9-13H,1-3,7-8H2,(H,26,27)(H,25,28,29). The summed E-state index contributed by atoms with van der Waals surface area (Å²) < 4.78 is 0. The Kier molecular flexibility index (Phi) is 22.0. The van der Waals surface area contributed by atoms with E-state index in [1.165, 1.54) is 77.0 Å². The van der Waals surface area contributed by atoms with Gasteiger partial charge in [0, 0.05) is 186 Å². The number of piperidine rings is 4. The van der Waals surface area contributed by atoms with Crippen LogP contribution in [0, 0.1) is 6.92 Å². The Morgan fingerprint density at radius 2 is 0.680 bits per heavy atom. The van der Waals surface area contributed by atoms with Crippen LogP contribution in [0.3, 0.4) is 0 Å². The van der Waals surface area contributed by atoms with E-state index < -0.39 is 0 Å². The number of rotatable bonds is 16. The molecule has 640 valence electrons. The first-order valence-corrected chi connectivity index (χ1v) is 43.9. The highest BCUT2D eigenvalue weighted by atomic mass is 15.2. The molecule has 0 radical (unpaired) electrons. The summed E-state index contributed by atoms with van der Waals surface area (Å²) in [4.78, 5) is 98.5. The van der Waals surface area contributed by atoms with Crippen molar-refractivity contribution < 1.29 is 0 Å². The quantitative estimate of drug-likeness (QED) is 0.0434. The zero-order chi connectivity index (χ0) is 86.0. The zero-order valence-electron chi connectivity index (χ0n) is 71.5. The van der Waals surface area contributed by atoms with Crippen molar-refractivity contribution >= 4 is 117 Å². The van der Waals surface area contributed by atoms with Crippen LogP contribution in [0.15, 0.2) is 179 Å². The first-order chi connectivity index (χ1) is 63.1. The number of hydrogen-bond donors (Lipinski definition) is 9. The molecular formula is C94H94N34. The van der Waals surface area contributed by atoms with Gasteiger partial charge in [0.05, 0.1) is 128 Å². The lowest BCUT2D eigenvalue weighted by molar-refractivity contribution is 0.578. The Hall–Kier alpha value is -15.5. The van der Waals surface area contributed by atoms with Crippen LogP contribution in [-0.4, -0.2) is 213 Å². The molecule has 0 spiro atoms. The Labute approximate surface area is 733 Å². The summed E-state index contributed by atoms with van der Waals surface area (Å²) in [5.41, 5.74) is 29.1. The summed E-state index contributed by atoms with van der Waals surface area (Å²) in [5.74, 6) is 2.95. The summed E-state index contributed by atoms with van der Waals surface area (Å²) in [5, 5.41) is 37.1. The van der Waals surface area contributed by atoms with Gasteiger partial charge in [0.15, 0.2) is 45.9 Å². The SMILES string of the molecule is CCNCc1cncc(-c2cnc3n[nH]c(-c4nc5c(N6CCCCC6)cncc5[nH]4)c3c2)c1.CN(C)c1cncc(-c2cnc3n[nH]c(-c4nc5c(N6CCCCC6)cncc5[nH]4)c3c2)c1.Cc1ccncc1-c1cnc2n[nH]c(-c3nc4c(N5CCCCC5)cncc4[nH]3)c2c1.c1cncc(-c2cnc3n[nH]c(-c4nc5c(N6CCCCC6)cncc5[nH]4)c3c2)c1. The fraction of sp³-hybridized carbons (Fsp3) is 0.277. The molecule has 9 N–H and O–H groups in total. The summed E-state index contributed by atoms with van der Waals surface area (Å²) in [6, 6.07) is 18.6. The molecule has 24 rings (SSSR count). The van der Waals surface area contributed by atoms with Crippen LogP contribution >= 0.6 is 0 Å². The molecule has 4 aliphatic heterocycles. The first-order valence-electron chi connectivity index (χ1n) is 43.9. The zero-order valence-corrected chi connectivity index (χ0v) is 71.5. The van der Waals surface area contributed by atoms with Crippen LogP contribution in [0.5, 0.6) is 0 Å². The normalized spacial score (nSPS) is 14.4. The fourth-order valence-electron chi connectivity index (χ4n) is 17.7. The second kappa shape index (κ2) is 35.3. The predicted molar refractivity (Wildman–Crippen MR) is 501 cm³/mol. The average Bonchev–Trinajstić information content (AvgIpc) is 1.63. The van der Waals surface area contributed by atoms with E-state index in [-0.39, 0.29) is 0 Å². The minimum atomic E-state index is 0.653. The van der Waals surface area contributed by atoms with Gasteiger partial charge in [-0.15, -0.1) is 0 Å². The number of imidazole rings is 4. The lowest BCUT2D eigenvalue weighted by Gasteiger charge is -2.28.